The molecule has 0 aromatic heterocycles. The van der Waals surface area contributed by atoms with E-state index in [0.717, 1.165) is 28.5 Å². The number of carboxylic acid groups (broad SMARTS) is 1. The maximum absolute atomic E-state index is 12.6. The van der Waals surface area contributed by atoms with Crippen molar-refractivity contribution >= 4 is 35.2 Å². The van der Waals surface area contributed by atoms with Crippen LogP contribution in [-0.4, -0.2) is 39.9 Å². The molecule has 0 bridgehead atoms. The number of carboxylic acids is 1. The Morgan fingerprint density at radius 2 is 1.91 bits per heavy atom. The van der Waals surface area contributed by atoms with E-state index in [1.165, 1.54) is 4.90 Å². The molecule has 0 aliphatic carbocycles. The zero-order valence-corrected chi connectivity index (χ0v) is 14.1. The van der Waals surface area contributed by atoms with Crippen LogP contribution in [0.4, 0.5) is 5.69 Å². The Labute approximate surface area is 139 Å². The number of hydrogen-bond acceptors (Lipinski definition) is 5. The molecule has 1 aromatic rings. The van der Waals surface area contributed by atoms with Crippen molar-refractivity contribution in [2.75, 3.05) is 10.7 Å². The summed E-state index contributed by atoms with van der Waals surface area (Å²) in [5, 5.41) is 8.23. The van der Waals surface area contributed by atoms with E-state index >= 15 is 0 Å². The summed E-state index contributed by atoms with van der Waals surface area (Å²) < 4.78 is 0. The molecule has 0 radical (unpaired) electrons. The molecule has 0 saturated carbocycles. The van der Waals surface area contributed by atoms with Gasteiger partial charge in [-0.15, -0.1) is 11.8 Å². The molecule has 1 saturated heterocycles. The standard InChI is InChI=1S/C16H20N2O4S/c1-8-4-9(2)14(10(3)5-8)18-13(19)6-12(15(18)20)23-7-11(17)16(21)22/h4-5,11-12H,6-7,17H2,1-3H3,(H,21,22)/t11-,12-/m0/s1. The summed E-state index contributed by atoms with van der Waals surface area (Å²) in [7, 11) is 0. The van der Waals surface area contributed by atoms with Crippen LogP contribution in [0.3, 0.4) is 0 Å². The molecule has 2 amide bonds. The first-order valence-electron chi connectivity index (χ1n) is 7.27. The molecule has 6 nitrogen and oxygen atoms in total. The SMILES string of the molecule is Cc1cc(C)c(N2C(=O)C[C@H](SC[C@H](N)C(=O)O)C2=O)c(C)c1. The Balaban J connectivity index is 2.21. The quantitative estimate of drug-likeness (QED) is 0.788. The fourth-order valence-electron chi connectivity index (χ4n) is 2.79. The predicted molar refractivity (Wildman–Crippen MR) is 89.6 cm³/mol. The summed E-state index contributed by atoms with van der Waals surface area (Å²) in [6.45, 7) is 5.71. The molecular formula is C16H20N2O4S. The van der Waals surface area contributed by atoms with Crippen LogP contribution in [0.15, 0.2) is 12.1 Å². The van der Waals surface area contributed by atoms with Crippen LogP contribution < -0.4 is 10.6 Å². The van der Waals surface area contributed by atoms with Gasteiger partial charge in [-0.1, -0.05) is 17.7 Å². The molecule has 1 fully saturated rings. The van der Waals surface area contributed by atoms with E-state index in [2.05, 4.69) is 0 Å². The molecular weight excluding hydrogens is 316 g/mol. The number of aliphatic carboxylic acids is 1. The minimum Gasteiger partial charge on any atom is -0.480 e. The first-order valence-corrected chi connectivity index (χ1v) is 8.32. The zero-order chi connectivity index (χ0) is 17.3. The lowest BCUT2D eigenvalue weighted by molar-refractivity contribution is -0.138. The highest BCUT2D eigenvalue weighted by molar-refractivity contribution is 8.00. The summed E-state index contributed by atoms with van der Waals surface area (Å²) >= 11 is 1.13. The minimum atomic E-state index is -1.11. The number of imide groups is 1. The molecule has 1 aliphatic heterocycles. The van der Waals surface area contributed by atoms with Crippen LogP contribution in [0.25, 0.3) is 0 Å². The normalized spacial score (nSPS) is 19.3. The van der Waals surface area contributed by atoms with Crippen LogP contribution in [-0.2, 0) is 14.4 Å². The third kappa shape index (κ3) is 3.56. The summed E-state index contributed by atoms with van der Waals surface area (Å²) in [4.78, 5) is 36.9. The number of carbonyl (C=O) groups excluding carboxylic acids is 2. The fraction of sp³-hybridized carbons (Fsp3) is 0.438. The lowest BCUT2D eigenvalue weighted by Crippen LogP contribution is -2.35. The number of nitrogens with zero attached hydrogens (tertiary/aromatic N) is 1. The van der Waals surface area contributed by atoms with Crippen LogP contribution in [0.1, 0.15) is 23.1 Å². The van der Waals surface area contributed by atoms with Crippen molar-refractivity contribution in [3.05, 3.63) is 28.8 Å². The molecule has 124 valence electrons. The lowest BCUT2D eigenvalue weighted by atomic mass is 10.0. The number of hydrogen-bond donors (Lipinski definition) is 2. The molecule has 3 N–H and O–H groups in total. The van der Waals surface area contributed by atoms with Gasteiger partial charge in [0.25, 0.3) is 0 Å². The Morgan fingerprint density at radius 1 is 1.35 bits per heavy atom. The average molecular weight is 336 g/mol. The fourth-order valence-corrected chi connectivity index (χ4v) is 3.88. The Hall–Kier alpha value is -1.86. The molecule has 2 rings (SSSR count). The van der Waals surface area contributed by atoms with E-state index in [0.29, 0.717) is 5.69 Å². The molecule has 23 heavy (non-hydrogen) atoms. The predicted octanol–water partition coefficient (Wildman–Crippen LogP) is 1.39. The lowest BCUT2D eigenvalue weighted by Gasteiger charge is -2.20. The summed E-state index contributed by atoms with van der Waals surface area (Å²) in [5.41, 5.74) is 8.91. The number of aryl methyl sites for hydroxylation is 3. The largest absolute Gasteiger partial charge is 0.480 e. The third-order valence-electron chi connectivity index (χ3n) is 3.76. The Morgan fingerprint density at radius 3 is 2.43 bits per heavy atom. The number of carbonyl (C=O) groups is 3. The van der Waals surface area contributed by atoms with Crippen LogP contribution in [0.5, 0.6) is 0 Å². The van der Waals surface area contributed by atoms with E-state index in [1.54, 1.807) is 0 Å². The minimum absolute atomic E-state index is 0.0720. The van der Waals surface area contributed by atoms with Gasteiger partial charge in [0.05, 0.1) is 10.9 Å². The first kappa shape index (κ1) is 17.5. The van der Waals surface area contributed by atoms with Gasteiger partial charge in [-0.05, 0) is 31.9 Å². The maximum Gasteiger partial charge on any atom is 0.321 e. The molecule has 7 heteroatoms. The van der Waals surface area contributed by atoms with Gasteiger partial charge < -0.3 is 10.8 Å². The molecule has 0 unspecified atom stereocenters. The van der Waals surface area contributed by atoms with Crippen LogP contribution in [0.2, 0.25) is 0 Å². The number of thioether (sulfide) groups is 1. The van der Waals surface area contributed by atoms with Gasteiger partial charge in [-0.3, -0.25) is 14.4 Å². The topological polar surface area (TPSA) is 101 Å². The van der Waals surface area contributed by atoms with Gasteiger partial charge in [0.15, 0.2) is 0 Å². The molecule has 1 aliphatic rings. The van der Waals surface area contributed by atoms with E-state index in [4.69, 9.17) is 10.8 Å². The molecule has 0 spiro atoms. The van der Waals surface area contributed by atoms with E-state index < -0.39 is 17.3 Å². The van der Waals surface area contributed by atoms with Gasteiger partial charge in [-0.2, -0.15) is 0 Å². The van der Waals surface area contributed by atoms with Crippen LogP contribution >= 0.6 is 11.8 Å². The summed E-state index contributed by atoms with van der Waals surface area (Å²) in [5.74, 6) is -1.57. The maximum atomic E-state index is 12.6. The number of nitrogens with two attached hydrogens (primary N) is 1. The third-order valence-corrected chi connectivity index (χ3v) is 5.08. The van der Waals surface area contributed by atoms with E-state index in [1.807, 2.05) is 32.9 Å². The van der Waals surface area contributed by atoms with Gasteiger partial charge in [-0.25, -0.2) is 4.90 Å². The smallest absolute Gasteiger partial charge is 0.321 e. The second-order valence-electron chi connectivity index (χ2n) is 5.79. The second kappa shape index (κ2) is 6.72. The first-order chi connectivity index (χ1) is 10.7. The highest BCUT2D eigenvalue weighted by Gasteiger charge is 2.41. The summed E-state index contributed by atoms with van der Waals surface area (Å²) in [6.07, 6.45) is 0.0720. The number of benzene rings is 1. The molecule has 1 aromatic carbocycles. The van der Waals surface area contributed by atoms with Gasteiger partial charge >= 0.3 is 5.97 Å². The van der Waals surface area contributed by atoms with Crippen molar-refractivity contribution in [1.82, 2.24) is 0 Å². The van der Waals surface area contributed by atoms with Crippen molar-refractivity contribution in [3.63, 3.8) is 0 Å². The van der Waals surface area contributed by atoms with Gasteiger partial charge in [0.2, 0.25) is 11.8 Å². The monoisotopic (exact) mass is 336 g/mol. The molecule has 1 heterocycles. The number of anilines is 1. The highest BCUT2D eigenvalue weighted by atomic mass is 32.2. The second-order valence-corrected chi connectivity index (χ2v) is 7.02. The van der Waals surface area contributed by atoms with Gasteiger partial charge in [0.1, 0.15) is 6.04 Å². The van der Waals surface area contributed by atoms with Crippen molar-refractivity contribution in [2.45, 2.75) is 38.5 Å². The Bertz CT molecular complexity index is 651. The van der Waals surface area contributed by atoms with Crippen molar-refractivity contribution < 1.29 is 19.5 Å². The van der Waals surface area contributed by atoms with Crippen LogP contribution in [0, 0.1) is 20.8 Å². The van der Waals surface area contributed by atoms with E-state index in [-0.39, 0.29) is 24.0 Å². The zero-order valence-electron chi connectivity index (χ0n) is 13.3. The van der Waals surface area contributed by atoms with E-state index in [9.17, 15) is 14.4 Å². The summed E-state index contributed by atoms with van der Waals surface area (Å²) in [6, 6.07) is 2.83. The van der Waals surface area contributed by atoms with Gasteiger partial charge in [0, 0.05) is 12.2 Å². The number of amides is 2. The Kier molecular flexibility index (Phi) is 5.11. The highest BCUT2D eigenvalue weighted by Crippen LogP contribution is 2.34. The molecule has 2 atom stereocenters. The van der Waals surface area contributed by atoms with Crippen molar-refractivity contribution in [1.29, 1.82) is 0 Å². The number of rotatable bonds is 5. The van der Waals surface area contributed by atoms with Crippen molar-refractivity contribution in [3.8, 4) is 0 Å². The van der Waals surface area contributed by atoms with Crippen molar-refractivity contribution in [2.24, 2.45) is 5.73 Å². The average Bonchev–Trinajstić information content (AvgIpc) is 2.71.